The van der Waals surface area contributed by atoms with Crippen LogP contribution < -0.4 is 14.2 Å². The number of fused-ring (bicyclic) bond motifs is 4. The molecule has 1 heterocycles. The fourth-order valence-electron chi connectivity index (χ4n) is 6.84. The van der Waals surface area contributed by atoms with Crippen molar-refractivity contribution in [2.75, 3.05) is 7.11 Å². The number of esters is 2. The lowest BCUT2D eigenvalue weighted by atomic mass is 9.80. The standard InChI is InChI=1S/C32H39ClO7/c1-16-17(2)26(40-30(36)32(6)18-8-9-19(32)11-10-18)28-21(25(16)33)15-38-29(35)24-23(39-28)13-12-20(27(24)37-7)22(34)14-31(3,4)5/h12-13,18-19,22,34H,8-11,14-15H2,1-7H3/t18?,19?,22-,32?/m0/s1. The third kappa shape index (κ3) is 4.65. The number of benzene rings is 2. The monoisotopic (exact) mass is 570 g/mol. The summed E-state index contributed by atoms with van der Waals surface area (Å²) in [5.41, 5.74) is 1.66. The second kappa shape index (κ2) is 10.3. The second-order valence-electron chi connectivity index (χ2n) is 12.9. The van der Waals surface area contributed by atoms with Gasteiger partial charge in [0.1, 0.15) is 23.7 Å². The normalized spacial score (nSPS) is 24.3. The van der Waals surface area contributed by atoms with Gasteiger partial charge in [0.15, 0.2) is 11.5 Å². The molecule has 2 bridgehead atoms. The number of halogens is 1. The van der Waals surface area contributed by atoms with Crippen LogP contribution in [-0.4, -0.2) is 24.2 Å². The first-order valence-corrected chi connectivity index (χ1v) is 14.4. The van der Waals surface area contributed by atoms with E-state index in [-0.39, 0.29) is 46.6 Å². The van der Waals surface area contributed by atoms with Gasteiger partial charge in [-0.3, -0.25) is 4.79 Å². The number of hydrogen-bond donors (Lipinski definition) is 1. The first-order valence-electron chi connectivity index (χ1n) is 14.1. The van der Waals surface area contributed by atoms with Crippen molar-refractivity contribution in [2.24, 2.45) is 22.7 Å². The largest absolute Gasteiger partial charge is 0.495 e. The van der Waals surface area contributed by atoms with E-state index in [9.17, 15) is 14.7 Å². The van der Waals surface area contributed by atoms with Crippen molar-refractivity contribution in [3.8, 4) is 23.0 Å². The number of carbonyl (C=O) groups is 2. The zero-order chi connectivity index (χ0) is 29.1. The van der Waals surface area contributed by atoms with E-state index in [2.05, 4.69) is 0 Å². The molecule has 0 amide bonds. The van der Waals surface area contributed by atoms with Gasteiger partial charge in [-0.15, -0.1) is 0 Å². The topological polar surface area (TPSA) is 91.3 Å². The summed E-state index contributed by atoms with van der Waals surface area (Å²) in [6.45, 7) is 11.6. The molecule has 8 heteroatoms. The molecule has 2 saturated carbocycles. The number of aliphatic hydroxyl groups excluding tert-OH is 1. The van der Waals surface area contributed by atoms with E-state index in [1.807, 2.05) is 41.5 Å². The lowest BCUT2D eigenvalue weighted by Crippen LogP contribution is -2.36. The summed E-state index contributed by atoms with van der Waals surface area (Å²) in [4.78, 5) is 27.1. The van der Waals surface area contributed by atoms with Crippen LogP contribution in [0.25, 0.3) is 0 Å². The van der Waals surface area contributed by atoms with Gasteiger partial charge in [-0.2, -0.15) is 0 Å². The van der Waals surface area contributed by atoms with E-state index < -0.39 is 17.5 Å². The third-order valence-corrected chi connectivity index (χ3v) is 9.83. The molecule has 40 heavy (non-hydrogen) atoms. The van der Waals surface area contributed by atoms with Gasteiger partial charge >= 0.3 is 11.9 Å². The number of cyclic esters (lactones) is 1. The lowest BCUT2D eigenvalue weighted by Gasteiger charge is -2.30. The van der Waals surface area contributed by atoms with Crippen molar-refractivity contribution >= 4 is 23.5 Å². The highest BCUT2D eigenvalue weighted by Crippen LogP contribution is 2.59. The summed E-state index contributed by atoms with van der Waals surface area (Å²) >= 11 is 6.75. The Labute approximate surface area is 241 Å². The maximum Gasteiger partial charge on any atom is 0.346 e. The highest BCUT2D eigenvalue weighted by molar-refractivity contribution is 6.32. The Morgan fingerprint density at radius 3 is 2.33 bits per heavy atom. The first kappa shape index (κ1) is 28.7. The minimum Gasteiger partial charge on any atom is -0.495 e. The number of ether oxygens (including phenoxy) is 4. The van der Waals surface area contributed by atoms with Crippen LogP contribution in [0.4, 0.5) is 0 Å². The summed E-state index contributed by atoms with van der Waals surface area (Å²) in [5.74, 6) is 0.583. The highest BCUT2D eigenvalue weighted by Gasteiger charge is 2.57. The highest BCUT2D eigenvalue weighted by atomic mass is 35.5. The number of methoxy groups -OCH3 is 1. The summed E-state index contributed by atoms with van der Waals surface area (Å²) in [6, 6.07) is 3.30. The van der Waals surface area contributed by atoms with Crippen molar-refractivity contribution in [2.45, 2.75) is 86.4 Å². The molecule has 216 valence electrons. The van der Waals surface area contributed by atoms with Gasteiger partial charge in [-0.1, -0.05) is 32.4 Å². The van der Waals surface area contributed by atoms with Crippen LogP contribution >= 0.6 is 11.6 Å². The summed E-state index contributed by atoms with van der Waals surface area (Å²) < 4.78 is 24.0. The van der Waals surface area contributed by atoms with Crippen molar-refractivity contribution < 1.29 is 33.6 Å². The fourth-order valence-corrected chi connectivity index (χ4v) is 7.12. The van der Waals surface area contributed by atoms with Crippen LogP contribution in [0.1, 0.15) is 98.5 Å². The van der Waals surface area contributed by atoms with Crippen LogP contribution in [0.15, 0.2) is 12.1 Å². The molecule has 0 spiro atoms. The fraction of sp³-hybridized carbons (Fsp3) is 0.562. The zero-order valence-electron chi connectivity index (χ0n) is 24.4. The molecule has 1 aliphatic heterocycles. The van der Waals surface area contributed by atoms with E-state index in [0.717, 1.165) is 31.2 Å². The van der Waals surface area contributed by atoms with Gasteiger partial charge in [-0.05, 0) is 87.8 Å². The van der Waals surface area contributed by atoms with E-state index in [1.165, 1.54) is 7.11 Å². The Morgan fingerprint density at radius 2 is 1.75 bits per heavy atom. The average Bonchev–Trinajstić information content (AvgIpc) is 3.39. The smallest absolute Gasteiger partial charge is 0.346 e. The first-order chi connectivity index (χ1) is 18.8. The number of hydrogen-bond acceptors (Lipinski definition) is 7. The second-order valence-corrected chi connectivity index (χ2v) is 13.3. The van der Waals surface area contributed by atoms with Crippen molar-refractivity contribution in [1.29, 1.82) is 0 Å². The van der Waals surface area contributed by atoms with E-state index in [4.69, 9.17) is 30.5 Å². The maximum absolute atomic E-state index is 13.8. The third-order valence-electron chi connectivity index (χ3n) is 9.32. The maximum atomic E-state index is 13.8. The molecular formula is C32H39ClO7. The van der Waals surface area contributed by atoms with Crippen LogP contribution in [0.3, 0.4) is 0 Å². The molecule has 5 rings (SSSR count). The molecule has 2 aliphatic carbocycles. The lowest BCUT2D eigenvalue weighted by molar-refractivity contribution is -0.147. The molecule has 3 aliphatic rings. The Hall–Kier alpha value is -2.77. The molecule has 0 aromatic heterocycles. The Kier molecular flexibility index (Phi) is 7.37. The molecule has 2 aromatic carbocycles. The Bertz CT molecular complexity index is 1350. The molecule has 0 unspecified atom stereocenters. The number of aliphatic hydroxyl groups is 1. The summed E-state index contributed by atoms with van der Waals surface area (Å²) in [7, 11) is 1.44. The van der Waals surface area contributed by atoms with Gasteiger partial charge in [0.05, 0.1) is 29.2 Å². The summed E-state index contributed by atoms with van der Waals surface area (Å²) in [6.07, 6.45) is 3.73. The van der Waals surface area contributed by atoms with E-state index >= 15 is 0 Å². The van der Waals surface area contributed by atoms with Crippen LogP contribution in [0.2, 0.25) is 5.02 Å². The molecule has 1 N–H and O–H groups in total. The summed E-state index contributed by atoms with van der Waals surface area (Å²) in [5, 5.41) is 11.4. The molecule has 1 atom stereocenters. The number of carbonyl (C=O) groups excluding carboxylic acids is 2. The predicted octanol–water partition coefficient (Wildman–Crippen LogP) is 7.63. The van der Waals surface area contributed by atoms with Crippen molar-refractivity contribution in [3.05, 3.63) is 45.0 Å². The average molecular weight is 571 g/mol. The number of rotatable bonds is 5. The van der Waals surface area contributed by atoms with E-state index in [0.29, 0.717) is 40.0 Å². The predicted molar refractivity (Wildman–Crippen MR) is 151 cm³/mol. The minimum atomic E-state index is -0.871. The molecule has 0 radical (unpaired) electrons. The van der Waals surface area contributed by atoms with E-state index in [1.54, 1.807) is 12.1 Å². The Balaban J connectivity index is 1.61. The molecule has 0 saturated heterocycles. The van der Waals surface area contributed by atoms with Gasteiger partial charge < -0.3 is 24.1 Å². The minimum absolute atomic E-state index is 0.0611. The molecule has 2 fully saturated rings. The molecule has 2 aromatic rings. The molecular weight excluding hydrogens is 532 g/mol. The SMILES string of the molecule is COc1c([C@@H](O)CC(C)(C)C)ccc2c1C(=O)OCc1c(Cl)c(C)c(C)c(OC(=O)C3(C)C4CCC3CC4)c1O2. The van der Waals surface area contributed by atoms with Gasteiger partial charge in [0.25, 0.3) is 0 Å². The van der Waals surface area contributed by atoms with Crippen LogP contribution in [0.5, 0.6) is 23.0 Å². The van der Waals surface area contributed by atoms with Gasteiger partial charge in [0, 0.05) is 11.1 Å². The van der Waals surface area contributed by atoms with Crippen molar-refractivity contribution in [1.82, 2.24) is 0 Å². The zero-order valence-corrected chi connectivity index (χ0v) is 25.2. The van der Waals surface area contributed by atoms with Crippen molar-refractivity contribution in [3.63, 3.8) is 0 Å². The van der Waals surface area contributed by atoms with Gasteiger partial charge in [0.2, 0.25) is 0 Å². The van der Waals surface area contributed by atoms with Crippen LogP contribution in [0, 0.1) is 36.5 Å². The van der Waals surface area contributed by atoms with Gasteiger partial charge in [-0.25, -0.2) is 4.79 Å². The Morgan fingerprint density at radius 1 is 1.12 bits per heavy atom. The quantitative estimate of drug-likeness (QED) is 0.292. The van der Waals surface area contributed by atoms with Crippen LogP contribution in [-0.2, 0) is 16.1 Å². The molecule has 7 nitrogen and oxygen atoms in total.